The Labute approximate surface area is 163 Å². The normalized spacial score (nSPS) is 18.6. The van der Waals surface area contributed by atoms with Crippen LogP contribution in [0.4, 0.5) is 11.6 Å². The molecule has 0 bridgehead atoms. The van der Waals surface area contributed by atoms with E-state index in [1.807, 2.05) is 17.3 Å². The molecule has 1 saturated carbocycles. The summed E-state index contributed by atoms with van der Waals surface area (Å²) < 4.78 is 0. The van der Waals surface area contributed by atoms with Gasteiger partial charge in [0.05, 0.1) is 0 Å². The maximum Gasteiger partial charge on any atom is 0.253 e. The summed E-state index contributed by atoms with van der Waals surface area (Å²) in [5.41, 5.74) is 2.44. The summed E-state index contributed by atoms with van der Waals surface area (Å²) >= 11 is 0. The van der Waals surface area contributed by atoms with Crippen molar-refractivity contribution in [1.29, 1.82) is 0 Å². The second-order valence-electron chi connectivity index (χ2n) is 7.27. The predicted octanol–water partition coefficient (Wildman–Crippen LogP) is 2.81. The molecule has 2 aliphatic rings. The van der Waals surface area contributed by atoms with Crippen molar-refractivity contribution in [3.05, 3.63) is 60.4 Å². The van der Waals surface area contributed by atoms with Gasteiger partial charge in [-0.05, 0) is 61.1 Å². The lowest BCUT2D eigenvalue weighted by Crippen LogP contribution is -2.31. The second-order valence-corrected chi connectivity index (χ2v) is 7.27. The third-order valence-electron chi connectivity index (χ3n) is 5.11. The fraction of sp³-hybridized carbons (Fsp3) is 0.333. The summed E-state index contributed by atoms with van der Waals surface area (Å²) in [4.78, 5) is 34.7. The van der Waals surface area contributed by atoms with Gasteiger partial charge < -0.3 is 15.5 Å². The molecule has 28 heavy (non-hydrogen) atoms. The first-order valence-corrected chi connectivity index (χ1v) is 9.53. The van der Waals surface area contributed by atoms with Crippen LogP contribution in [0.15, 0.2) is 49.3 Å². The highest BCUT2D eigenvalue weighted by atomic mass is 16.2. The Morgan fingerprint density at radius 3 is 2.46 bits per heavy atom. The van der Waals surface area contributed by atoms with E-state index in [0.29, 0.717) is 36.2 Å². The van der Waals surface area contributed by atoms with E-state index < -0.39 is 0 Å². The monoisotopic (exact) mass is 377 g/mol. The lowest BCUT2D eigenvalue weighted by molar-refractivity contribution is -0.111. The molecule has 2 amide bonds. The molecule has 2 heterocycles. The molecule has 7 nitrogen and oxygen atoms in total. The third kappa shape index (κ3) is 4.19. The first-order valence-electron chi connectivity index (χ1n) is 9.53. The first kappa shape index (κ1) is 18.2. The summed E-state index contributed by atoms with van der Waals surface area (Å²) in [7, 11) is 0. The topological polar surface area (TPSA) is 87.2 Å². The van der Waals surface area contributed by atoms with Gasteiger partial charge in [0.2, 0.25) is 11.9 Å². The van der Waals surface area contributed by atoms with Crippen LogP contribution < -0.4 is 10.6 Å². The number of nitrogens with zero attached hydrogens (tertiary/aromatic N) is 3. The van der Waals surface area contributed by atoms with Gasteiger partial charge >= 0.3 is 0 Å². The Morgan fingerprint density at radius 2 is 1.82 bits per heavy atom. The number of rotatable bonds is 6. The van der Waals surface area contributed by atoms with Crippen LogP contribution in [0, 0.1) is 0 Å². The number of carbonyl (C=O) groups is 2. The summed E-state index contributed by atoms with van der Waals surface area (Å²) in [5.74, 6) is 0.965. The van der Waals surface area contributed by atoms with Gasteiger partial charge in [0, 0.05) is 42.8 Å². The SMILES string of the molecule is C=CC(=O)Nc1ccc(C(=O)N2CC[C@H](Nc3ncc(C4CC4)cn3)C2)cc1. The van der Waals surface area contributed by atoms with Gasteiger partial charge in [-0.2, -0.15) is 0 Å². The lowest BCUT2D eigenvalue weighted by Gasteiger charge is -2.17. The van der Waals surface area contributed by atoms with Crippen molar-refractivity contribution in [3.63, 3.8) is 0 Å². The molecule has 1 atom stereocenters. The van der Waals surface area contributed by atoms with E-state index in [1.165, 1.54) is 24.5 Å². The standard InChI is InChI=1S/C21H23N5O2/c1-2-19(27)24-17-7-5-15(6-8-17)20(28)26-10-9-18(13-26)25-21-22-11-16(12-23-21)14-3-4-14/h2,5-8,11-12,14,18H,1,3-4,9-10,13H2,(H,24,27)(H,22,23,25)/t18-/m0/s1. The highest BCUT2D eigenvalue weighted by Crippen LogP contribution is 2.39. The fourth-order valence-corrected chi connectivity index (χ4v) is 3.36. The number of nitrogens with one attached hydrogen (secondary N) is 2. The van der Waals surface area contributed by atoms with Crippen molar-refractivity contribution in [2.75, 3.05) is 23.7 Å². The van der Waals surface area contributed by atoms with E-state index in [-0.39, 0.29) is 17.9 Å². The van der Waals surface area contributed by atoms with Gasteiger partial charge in [-0.1, -0.05) is 6.58 Å². The predicted molar refractivity (Wildman–Crippen MR) is 107 cm³/mol. The van der Waals surface area contributed by atoms with Crippen molar-refractivity contribution in [1.82, 2.24) is 14.9 Å². The lowest BCUT2D eigenvalue weighted by atomic mass is 10.2. The van der Waals surface area contributed by atoms with Crippen LogP contribution in [0.5, 0.6) is 0 Å². The number of likely N-dealkylation sites (tertiary alicyclic amines) is 1. The minimum absolute atomic E-state index is 0.0177. The Balaban J connectivity index is 1.32. The Bertz CT molecular complexity index is 875. The molecular weight excluding hydrogens is 354 g/mol. The number of carbonyl (C=O) groups excluding carboxylic acids is 2. The quantitative estimate of drug-likeness (QED) is 0.756. The van der Waals surface area contributed by atoms with Crippen LogP contribution in [0.1, 0.15) is 41.1 Å². The van der Waals surface area contributed by atoms with E-state index in [9.17, 15) is 9.59 Å². The minimum atomic E-state index is -0.278. The highest BCUT2D eigenvalue weighted by molar-refractivity contribution is 5.99. The molecule has 0 unspecified atom stereocenters. The molecule has 144 valence electrons. The molecule has 1 aliphatic carbocycles. The minimum Gasteiger partial charge on any atom is -0.350 e. The number of hydrogen-bond donors (Lipinski definition) is 2. The van der Waals surface area contributed by atoms with Gasteiger partial charge in [-0.3, -0.25) is 9.59 Å². The average Bonchev–Trinajstić information content (AvgIpc) is 3.47. The largest absolute Gasteiger partial charge is 0.350 e. The number of anilines is 2. The van der Waals surface area contributed by atoms with Crippen LogP contribution >= 0.6 is 0 Å². The molecule has 1 saturated heterocycles. The molecule has 1 aromatic carbocycles. The van der Waals surface area contributed by atoms with E-state index >= 15 is 0 Å². The number of benzene rings is 1. The van der Waals surface area contributed by atoms with Gasteiger partial charge in [-0.15, -0.1) is 0 Å². The van der Waals surface area contributed by atoms with Crippen LogP contribution in [0.3, 0.4) is 0 Å². The molecular formula is C21H23N5O2. The van der Waals surface area contributed by atoms with Crippen LogP contribution in [-0.2, 0) is 4.79 Å². The van der Waals surface area contributed by atoms with Crippen molar-refractivity contribution in [2.24, 2.45) is 0 Å². The summed E-state index contributed by atoms with van der Waals surface area (Å²) in [6, 6.07) is 7.02. The van der Waals surface area contributed by atoms with Crippen molar-refractivity contribution < 1.29 is 9.59 Å². The molecule has 1 aliphatic heterocycles. The Morgan fingerprint density at radius 1 is 1.11 bits per heavy atom. The summed E-state index contributed by atoms with van der Waals surface area (Å²) in [6.45, 7) is 4.72. The van der Waals surface area contributed by atoms with Crippen LogP contribution in [0.25, 0.3) is 0 Å². The van der Waals surface area contributed by atoms with Gasteiger partial charge in [-0.25, -0.2) is 9.97 Å². The molecule has 4 rings (SSSR count). The van der Waals surface area contributed by atoms with Gasteiger partial charge in [0.15, 0.2) is 0 Å². The number of hydrogen-bond acceptors (Lipinski definition) is 5. The van der Waals surface area contributed by atoms with E-state index in [0.717, 1.165) is 6.42 Å². The summed E-state index contributed by atoms with van der Waals surface area (Å²) in [5, 5.41) is 6.00. The molecule has 0 spiro atoms. The van der Waals surface area contributed by atoms with E-state index in [1.54, 1.807) is 24.3 Å². The first-order chi connectivity index (χ1) is 13.6. The van der Waals surface area contributed by atoms with Crippen molar-refractivity contribution >= 4 is 23.5 Å². The highest BCUT2D eigenvalue weighted by Gasteiger charge is 2.28. The smallest absolute Gasteiger partial charge is 0.253 e. The van der Waals surface area contributed by atoms with Crippen LogP contribution in [0.2, 0.25) is 0 Å². The van der Waals surface area contributed by atoms with Crippen LogP contribution in [-0.4, -0.2) is 45.8 Å². The maximum atomic E-state index is 12.7. The summed E-state index contributed by atoms with van der Waals surface area (Å²) in [6.07, 6.45) is 8.33. The van der Waals surface area contributed by atoms with Gasteiger partial charge in [0.25, 0.3) is 5.91 Å². The molecule has 0 radical (unpaired) electrons. The molecule has 2 aromatic rings. The van der Waals surface area contributed by atoms with E-state index in [4.69, 9.17) is 0 Å². The zero-order valence-corrected chi connectivity index (χ0v) is 15.6. The zero-order chi connectivity index (χ0) is 19.5. The maximum absolute atomic E-state index is 12.7. The number of aromatic nitrogens is 2. The van der Waals surface area contributed by atoms with Crippen molar-refractivity contribution in [3.8, 4) is 0 Å². The zero-order valence-electron chi connectivity index (χ0n) is 15.6. The Hall–Kier alpha value is -3.22. The third-order valence-corrected chi connectivity index (χ3v) is 5.11. The number of amides is 2. The second kappa shape index (κ2) is 7.80. The molecule has 2 N–H and O–H groups in total. The van der Waals surface area contributed by atoms with E-state index in [2.05, 4.69) is 27.2 Å². The molecule has 1 aromatic heterocycles. The molecule has 7 heteroatoms. The van der Waals surface area contributed by atoms with Crippen molar-refractivity contribution in [2.45, 2.75) is 31.2 Å². The molecule has 2 fully saturated rings. The Kier molecular flexibility index (Phi) is 5.06. The van der Waals surface area contributed by atoms with Gasteiger partial charge in [0.1, 0.15) is 0 Å². The fourth-order valence-electron chi connectivity index (χ4n) is 3.36. The average molecular weight is 377 g/mol.